The van der Waals surface area contributed by atoms with Crippen LogP contribution in [-0.2, 0) is 17.8 Å². The van der Waals surface area contributed by atoms with Gasteiger partial charge in [0.05, 0.1) is 18.2 Å². The first-order valence-corrected chi connectivity index (χ1v) is 8.69. The molecule has 0 spiro atoms. The van der Waals surface area contributed by atoms with Crippen molar-refractivity contribution >= 4 is 11.9 Å². The summed E-state index contributed by atoms with van der Waals surface area (Å²) in [6.45, 7) is 4.46. The summed E-state index contributed by atoms with van der Waals surface area (Å²) in [4.78, 5) is 25.3. The van der Waals surface area contributed by atoms with Gasteiger partial charge in [-0.25, -0.2) is 4.79 Å². The monoisotopic (exact) mass is 341 g/mol. The van der Waals surface area contributed by atoms with E-state index in [0.717, 1.165) is 38.0 Å². The lowest BCUT2D eigenvalue weighted by molar-refractivity contribution is -0.131. The number of aromatic carboxylic acids is 1. The van der Waals surface area contributed by atoms with E-state index in [0.29, 0.717) is 12.3 Å². The van der Waals surface area contributed by atoms with E-state index in [-0.39, 0.29) is 11.5 Å². The van der Waals surface area contributed by atoms with Gasteiger partial charge < -0.3 is 10.0 Å². The molecule has 0 aliphatic carbocycles. The van der Waals surface area contributed by atoms with Crippen molar-refractivity contribution in [2.45, 2.75) is 38.6 Å². The van der Waals surface area contributed by atoms with Crippen LogP contribution in [-0.4, -0.2) is 44.8 Å². The van der Waals surface area contributed by atoms with Crippen molar-refractivity contribution < 1.29 is 14.7 Å². The first-order valence-electron chi connectivity index (χ1n) is 8.69. The number of nitrogens with zero attached hydrogens (tertiary/aromatic N) is 3. The van der Waals surface area contributed by atoms with Gasteiger partial charge in [-0.2, -0.15) is 5.10 Å². The predicted molar refractivity (Wildman–Crippen MR) is 93.6 cm³/mol. The van der Waals surface area contributed by atoms with E-state index in [4.69, 9.17) is 5.11 Å². The molecule has 1 fully saturated rings. The Kier molecular flexibility index (Phi) is 5.16. The summed E-state index contributed by atoms with van der Waals surface area (Å²) in [6, 6.07) is 6.52. The normalized spacial score (nSPS) is 15.3. The number of carboxylic acids is 1. The second kappa shape index (κ2) is 7.51. The van der Waals surface area contributed by atoms with Crippen molar-refractivity contribution in [2.24, 2.45) is 0 Å². The zero-order chi connectivity index (χ0) is 17.8. The average molecular weight is 341 g/mol. The molecule has 1 aliphatic heterocycles. The number of likely N-dealkylation sites (tertiary alicyclic amines) is 1. The molecule has 1 saturated heterocycles. The van der Waals surface area contributed by atoms with E-state index in [9.17, 15) is 9.59 Å². The topological polar surface area (TPSA) is 75.4 Å². The van der Waals surface area contributed by atoms with Gasteiger partial charge in [0.1, 0.15) is 0 Å². The number of rotatable bonds is 5. The summed E-state index contributed by atoms with van der Waals surface area (Å²) in [5, 5.41) is 13.3. The smallest absolute Gasteiger partial charge is 0.335 e. The Morgan fingerprint density at radius 1 is 1.20 bits per heavy atom. The van der Waals surface area contributed by atoms with Crippen LogP contribution in [0.25, 0.3) is 0 Å². The van der Waals surface area contributed by atoms with Crippen molar-refractivity contribution in [1.82, 2.24) is 14.7 Å². The summed E-state index contributed by atoms with van der Waals surface area (Å²) >= 11 is 0. The fourth-order valence-electron chi connectivity index (χ4n) is 3.28. The highest BCUT2D eigenvalue weighted by Gasteiger charge is 2.24. The van der Waals surface area contributed by atoms with Crippen LogP contribution < -0.4 is 0 Å². The number of aryl methyl sites for hydroxylation is 1. The molecule has 1 aromatic heterocycles. The lowest BCUT2D eigenvalue weighted by Crippen LogP contribution is -2.38. The van der Waals surface area contributed by atoms with Crippen LogP contribution in [0.5, 0.6) is 0 Å². The fourth-order valence-corrected chi connectivity index (χ4v) is 3.28. The van der Waals surface area contributed by atoms with Gasteiger partial charge in [-0.3, -0.25) is 9.48 Å². The fraction of sp³-hybridized carbons (Fsp3) is 0.421. The molecule has 0 unspecified atom stereocenters. The highest BCUT2D eigenvalue weighted by molar-refractivity contribution is 5.87. The van der Waals surface area contributed by atoms with E-state index in [1.54, 1.807) is 24.3 Å². The molecule has 2 aromatic rings. The van der Waals surface area contributed by atoms with Crippen molar-refractivity contribution in [1.29, 1.82) is 0 Å². The van der Waals surface area contributed by atoms with Crippen LogP contribution >= 0.6 is 0 Å². The quantitative estimate of drug-likeness (QED) is 0.907. The molecule has 3 rings (SSSR count). The third-order valence-electron chi connectivity index (χ3n) is 4.85. The van der Waals surface area contributed by atoms with Crippen molar-refractivity contribution in [3.63, 3.8) is 0 Å². The molecule has 0 atom stereocenters. The van der Waals surface area contributed by atoms with Crippen molar-refractivity contribution in [3.05, 3.63) is 53.3 Å². The summed E-state index contributed by atoms with van der Waals surface area (Å²) in [5.74, 6) is -0.378. The SMILES string of the molecule is CCn1cc(C2CCN(C(=O)Cc3ccc(C(=O)O)cc3)CC2)cn1. The average Bonchev–Trinajstić information content (AvgIpc) is 3.11. The molecular weight excluding hydrogens is 318 g/mol. The lowest BCUT2D eigenvalue weighted by Gasteiger charge is -2.31. The molecular formula is C19H23N3O3. The van der Waals surface area contributed by atoms with Gasteiger partial charge in [0.25, 0.3) is 0 Å². The van der Waals surface area contributed by atoms with Crippen molar-refractivity contribution in [2.75, 3.05) is 13.1 Å². The number of hydrogen-bond donors (Lipinski definition) is 1. The Morgan fingerprint density at radius 2 is 1.88 bits per heavy atom. The molecule has 0 radical (unpaired) electrons. The van der Waals surface area contributed by atoms with Gasteiger partial charge in [-0.1, -0.05) is 12.1 Å². The minimum Gasteiger partial charge on any atom is -0.478 e. The summed E-state index contributed by atoms with van der Waals surface area (Å²) in [5.41, 5.74) is 2.35. The number of carbonyl (C=O) groups is 2. The van der Waals surface area contributed by atoms with Crippen LogP contribution in [0.3, 0.4) is 0 Å². The van der Waals surface area contributed by atoms with Gasteiger partial charge in [-0.05, 0) is 48.9 Å². The number of carbonyl (C=O) groups excluding carboxylic acids is 1. The first-order chi connectivity index (χ1) is 12.1. The second-order valence-electron chi connectivity index (χ2n) is 6.46. The number of amides is 1. The maximum absolute atomic E-state index is 12.5. The summed E-state index contributed by atoms with van der Waals surface area (Å²) < 4.78 is 1.94. The van der Waals surface area contributed by atoms with Crippen LogP contribution in [0.15, 0.2) is 36.7 Å². The van der Waals surface area contributed by atoms with Gasteiger partial charge in [-0.15, -0.1) is 0 Å². The Hall–Kier alpha value is -2.63. The highest BCUT2D eigenvalue weighted by atomic mass is 16.4. The van der Waals surface area contributed by atoms with E-state index in [1.165, 1.54) is 5.56 Å². The summed E-state index contributed by atoms with van der Waals surface area (Å²) in [6.07, 6.45) is 6.28. The van der Waals surface area contributed by atoms with Crippen LogP contribution in [0.1, 0.15) is 47.2 Å². The van der Waals surface area contributed by atoms with Gasteiger partial charge in [0.2, 0.25) is 5.91 Å². The van der Waals surface area contributed by atoms with Gasteiger partial charge in [0, 0.05) is 25.8 Å². The molecule has 6 nitrogen and oxygen atoms in total. The van der Waals surface area contributed by atoms with Crippen LogP contribution in [0.2, 0.25) is 0 Å². The van der Waals surface area contributed by atoms with E-state index in [1.807, 2.05) is 15.8 Å². The molecule has 1 aromatic carbocycles. The third-order valence-corrected chi connectivity index (χ3v) is 4.85. The predicted octanol–water partition coefficient (Wildman–Crippen LogP) is 2.55. The van der Waals surface area contributed by atoms with Gasteiger partial charge in [0.15, 0.2) is 0 Å². The molecule has 1 aliphatic rings. The molecule has 25 heavy (non-hydrogen) atoms. The molecule has 0 saturated carbocycles. The Bertz CT molecular complexity index is 744. The zero-order valence-corrected chi connectivity index (χ0v) is 14.4. The third kappa shape index (κ3) is 4.07. The molecule has 2 heterocycles. The Labute approximate surface area is 147 Å². The molecule has 1 amide bonds. The first kappa shape index (κ1) is 17.2. The second-order valence-corrected chi connectivity index (χ2v) is 6.46. The number of piperidine rings is 1. The van der Waals surface area contributed by atoms with E-state index < -0.39 is 5.97 Å². The molecule has 6 heteroatoms. The Morgan fingerprint density at radius 3 is 2.44 bits per heavy atom. The highest BCUT2D eigenvalue weighted by Crippen LogP contribution is 2.28. The number of carboxylic acid groups (broad SMARTS) is 1. The summed E-state index contributed by atoms with van der Waals surface area (Å²) in [7, 11) is 0. The molecule has 0 bridgehead atoms. The molecule has 132 valence electrons. The largest absolute Gasteiger partial charge is 0.478 e. The van der Waals surface area contributed by atoms with E-state index >= 15 is 0 Å². The zero-order valence-electron chi connectivity index (χ0n) is 14.4. The van der Waals surface area contributed by atoms with Crippen molar-refractivity contribution in [3.8, 4) is 0 Å². The Balaban J connectivity index is 1.53. The van der Waals surface area contributed by atoms with Crippen LogP contribution in [0.4, 0.5) is 0 Å². The maximum atomic E-state index is 12.5. The minimum atomic E-state index is -0.952. The number of benzene rings is 1. The number of hydrogen-bond acceptors (Lipinski definition) is 3. The number of aromatic nitrogens is 2. The van der Waals surface area contributed by atoms with Gasteiger partial charge >= 0.3 is 5.97 Å². The lowest BCUT2D eigenvalue weighted by atomic mass is 9.91. The molecule has 1 N–H and O–H groups in total. The van der Waals surface area contributed by atoms with Crippen LogP contribution in [0, 0.1) is 0 Å². The standard InChI is InChI=1S/C19H23N3O3/c1-2-22-13-17(12-20-22)15-7-9-21(10-8-15)18(23)11-14-3-5-16(6-4-14)19(24)25/h3-6,12-13,15H,2,7-11H2,1H3,(H,24,25). The minimum absolute atomic E-state index is 0.103. The van der Waals surface area contributed by atoms with E-state index in [2.05, 4.69) is 18.2 Å². The maximum Gasteiger partial charge on any atom is 0.335 e.